The molecule has 2 aromatic carbocycles. The maximum atomic E-state index is 12.5. The molecule has 2 heterocycles. The number of nitrogens with zero attached hydrogens (tertiary/aromatic N) is 3. The van der Waals surface area contributed by atoms with Gasteiger partial charge in [-0.3, -0.25) is 23.6 Å². The predicted octanol–water partition coefficient (Wildman–Crippen LogP) is 5.44. The molecule has 3 aromatic rings. The van der Waals surface area contributed by atoms with E-state index < -0.39 is 10.6 Å². The van der Waals surface area contributed by atoms with Crippen LogP contribution in [0.4, 0.5) is 10.8 Å². The summed E-state index contributed by atoms with van der Waals surface area (Å²) >= 11 is 10.1. The van der Waals surface area contributed by atoms with Crippen LogP contribution in [-0.2, 0) is 9.59 Å². The third kappa shape index (κ3) is 6.01. The van der Waals surface area contributed by atoms with E-state index in [1.165, 1.54) is 41.1 Å². The fraction of sp³-hybridized carbons (Fsp3) is 0.200. The molecule has 0 saturated carbocycles. The molecule has 8 nitrogen and oxygen atoms in total. The van der Waals surface area contributed by atoms with Crippen LogP contribution in [0.3, 0.4) is 0 Å². The fourth-order valence-corrected chi connectivity index (χ4v) is 6.76. The normalized spacial score (nSPS) is 16.8. The van der Waals surface area contributed by atoms with Crippen molar-refractivity contribution in [3.8, 4) is 0 Å². The highest BCUT2D eigenvalue weighted by molar-refractivity contribution is 8.23. The van der Waals surface area contributed by atoms with Crippen LogP contribution in [-0.4, -0.2) is 48.9 Å². The molecule has 0 radical (unpaired) electrons. The molecule has 2 amide bonds. The molecular formula is C20H19ClN4O4S4. The number of hydrogen-bond acceptors (Lipinski definition) is 9. The molecule has 1 atom stereocenters. The Morgan fingerprint density at radius 2 is 2.03 bits per heavy atom. The second-order valence-electron chi connectivity index (χ2n) is 7.03. The van der Waals surface area contributed by atoms with Crippen molar-refractivity contribution in [3.05, 3.63) is 59.1 Å². The molecule has 0 spiro atoms. The lowest BCUT2D eigenvalue weighted by atomic mass is 10.2. The number of benzene rings is 2. The average Bonchev–Trinajstić information content (AvgIpc) is 3.38. The van der Waals surface area contributed by atoms with Crippen molar-refractivity contribution < 1.29 is 18.7 Å². The van der Waals surface area contributed by atoms with Crippen molar-refractivity contribution in [2.24, 2.45) is 0 Å². The van der Waals surface area contributed by atoms with E-state index in [2.05, 4.69) is 15.5 Å². The summed E-state index contributed by atoms with van der Waals surface area (Å²) in [4.78, 5) is 26.8. The lowest BCUT2D eigenvalue weighted by Crippen LogP contribution is -2.27. The Hall–Kier alpha value is -1.80. The minimum Gasteiger partial charge on any atom is -0.325 e. The summed E-state index contributed by atoms with van der Waals surface area (Å²) in [5.74, 6) is 0.160. The largest absolute Gasteiger partial charge is 0.325 e. The van der Waals surface area contributed by atoms with Gasteiger partial charge in [-0.05, 0) is 42.0 Å². The first kappa shape index (κ1) is 24.3. The number of amides is 2. The second kappa shape index (κ2) is 10.2. The molecule has 1 fully saturated rings. The zero-order valence-electron chi connectivity index (χ0n) is 17.2. The summed E-state index contributed by atoms with van der Waals surface area (Å²) < 4.78 is 19.9. The molecule has 0 aliphatic carbocycles. The number of aromatic nitrogens is 2. The van der Waals surface area contributed by atoms with E-state index >= 15 is 0 Å². The second-order valence-corrected chi connectivity index (χ2v) is 12.8. The Morgan fingerprint density at radius 3 is 2.73 bits per heavy atom. The first-order valence-electron chi connectivity index (χ1n) is 9.49. The Bertz CT molecular complexity index is 1170. The minimum absolute atomic E-state index is 0.0532. The number of thioether (sulfide) groups is 2. The van der Waals surface area contributed by atoms with Crippen LogP contribution in [0, 0.1) is 0 Å². The third-order valence-electron chi connectivity index (χ3n) is 4.51. The van der Waals surface area contributed by atoms with Crippen molar-refractivity contribution in [1.29, 1.82) is 0 Å². The summed E-state index contributed by atoms with van der Waals surface area (Å²) in [7, 11) is -2.79. The van der Waals surface area contributed by atoms with Gasteiger partial charge in [-0.15, -0.1) is 22.0 Å². The zero-order chi connectivity index (χ0) is 23.6. The molecule has 1 aliphatic rings. The van der Waals surface area contributed by atoms with Gasteiger partial charge in [0.05, 0.1) is 16.4 Å². The van der Waals surface area contributed by atoms with E-state index in [-0.39, 0.29) is 22.9 Å². The SMILES string of the molecule is CS(O)(O)c1ccc(NC(=O)CSc2nnc(N3C(=O)CSC3c3cccc(Cl)c3)s2)cc1. The monoisotopic (exact) mass is 542 g/mol. The molecule has 174 valence electrons. The quantitative estimate of drug-likeness (QED) is 0.267. The average molecular weight is 543 g/mol. The lowest BCUT2D eigenvalue weighted by molar-refractivity contribution is -0.116. The van der Waals surface area contributed by atoms with Gasteiger partial charge in [0, 0.05) is 17.0 Å². The highest BCUT2D eigenvalue weighted by atomic mass is 35.5. The Balaban J connectivity index is 1.37. The molecule has 3 N–H and O–H groups in total. The molecule has 13 heteroatoms. The molecule has 1 aromatic heterocycles. The maximum Gasteiger partial charge on any atom is 0.240 e. The van der Waals surface area contributed by atoms with E-state index in [0.717, 1.165) is 5.56 Å². The summed E-state index contributed by atoms with van der Waals surface area (Å²) in [5, 5.41) is 11.9. The smallest absolute Gasteiger partial charge is 0.240 e. The summed E-state index contributed by atoms with van der Waals surface area (Å²) in [6.45, 7) is 0. The van der Waals surface area contributed by atoms with Gasteiger partial charge in [-0.2, -0.15) is 10.6 Å². The lowest BCUT2D eigenvalue weighted by Gasteiger charge is -2.26. The van der Waals surface area contributed by atoms with Crippen LogP contribution in [0.1, 0.15) is 10.9 Å². The van der Waals surface area contributed by atoms with E-state index in [1.54, 1.807) is 35.2 Å². The van der Waals surface area contributed by atoms with Crippen molar-refractivity contribution in [2.45, 2.75) is 14.6 Å². The fourth-order valence-electron chi connectivity index (χ4n) is 3.02. The van der Waals surface area contributed by atoms with Crippen LogP contribution < -0.4 is 10.2 Å². The van der Waals surface area contributed by atoms with E-state index in [1.807, 2.05) is 18.2 Å². The summed E-state index contributed by atoms with van der Waals surface area (Å²) in [5.41, 5.74) is 1.47. The zero-order valence-corrected chi connectivity index (χ0v) is 21.2. The van der Waals surface area contributed by atoms with Crippen LogP contribution in [0.5, 0.6) is 0 Å². The Morgan fingerprint density at radius 1 is 1.27 bits per heavy atom. The predicted molar refractivity (Wildman–Crippen MR) is 137 cm³/mol. The molecular weight excluding hydrogens is 524 g/mol. The highest BCUT2D eigenvalue weighted by Crippen LogP contribution is 2.45. The molecule has 4 rings (SSSR count). The summed E-state index contributed by atoms with van der Waals surface area (Å²) in [6, 6.07) is 13.8. The maximum absolute atomic E-state index is 12.5. The summed E-state index contributed by atoms with van der Waals surface area (Å²) in [6.07, 6.45) is 1.35. The number of carbonyl (C=O) groups excluding carboxylic acids is 2. The van der Waals surface area contributed by atoms with Gasteiger partial charge < -0.3 is 5.32 Å². The number of hydrogen-bond donors (Lipinski definition) is 3. The first-order valence-corrected chi connectivity index (χ1v) is 14.7. The van der Waals surface area contributed by atoms with Crippen molar-refractivity contribution in [3.63, 3.8) is 0 Å². The highest BCUT2D eigenvalue weighted by Gasteiger charge is 2.36. The minimum atomic E-state index is -2.79. The molecule has 0 bridgehead atoms. The van der Waals surface area contributed by atoms with Crippen molar-refractivity contribution >= 4 is 79.7 Å². The topological polar surface area (TPSA) is 116 Å². The molecule has 33 heavy (non-hydrogen) atoms. The third-order valence-corrected chi connectivity index (χ3v) is 9.18. The number of anilines is 2. The van der Waals surface area contributed by atoms with Gasteiger partial charge in [0.1, 0.15) is 5.37 Å². The first-order chi connectivity index (χ1) is 15.7. The van der Waals surface area contributed by atoms with Gasteiger partial charge in [0.2, 0.25) is 16.9 Å². The van der Waals surface area contributed by atoms with Gasteiger partial charge >= 0.3 is 0 Å². The van der Waals surface area contributed by atoms with Crippen molar-refractivity contribution in [1.82, 2.24) is 10.2 Å². The van der Waals surface area contributed by atoms with Crippen LogP contribution in [0.15, 0.2) is 57.8 Å². The van der Waals surface area contributed by atoms with E-state index in [0.29, 0.717) is 30.8 Å². The van der Waals surface area contributed by atoms with Crippen LogP contribution in [0.25, 0.3) is 0 Å². The molecule has 1 aliphatic heterocycles. The number of nitrogens with one attached hydrogen (secondary N) is 1. The van der Waals surface area contributed by atoms with Gasteiger partial charge in [0.25, 0.3) is 0 Å². The number of carbonyl (C=O) groups is 2. The van der Waals surface area contributed by atoms with E-state index in [4.69, 9.17) is 11.6 Å². The Kier molecular flexibility index (Phi) is 7.53. The molecule has 1 saturated heterocycles. The number of rotatable bonds is 7. The van der Waals surface area contributed by atoms with Gasteiger partial charge in [-0.1, -0.05) is 46.8 Å². The van der Waals surface area contributed by atoms with Crippen LogP contribution >= 0.6 is 57.1 Å². The molecule has 1 unspecified atom stereocenters. The van der Waals surface area contributed by atoms with Gasteiger partial charge in [0.15, 0.2) is 4.34 Å². The van der Waals surface area contributed by atoms with Crippen LogP contribution in [0.2, 0.25) is 5.02 Å². The van der Waals surface area contributed by atoms with E-state index in [9.17, 15) is 18.7 Å². The van der Waals surface area contributed by atoms with Gasteiger partial charge in [-0.25, -0.2) is 0 Å². The van der Waals surface area contributed by atoms with Crippen molar-refractivity contribution in [2.75, 3.05) is 28.0 Å². The standard InChI is InChI=1S/C20H19ClN4O4S4/c1-33(28,29)15-7-5-14(6-8-15)22-16(26)10-31-20-24-23-19(32-20)25-17(27)11-30-18(25)12-3-2-4-13(21)9-12/h2-9,18,28-29H,10-11H2,1H3,(H,22,26). The Labute approximate surface area is 209 Å². The number of halogens is 1.